The van der Waals surface area contributed by atoms with Gasteiger partial charge < -0.3 is 9.13 Å². The van der Waals surface area contributed by atoms with Crippen LogP contribution in [0.2, 0.25) is 0 Å². The van der Waals surface area contributed by atoms with Crippen LogP contribution in [0.3, 0.4) is 0 Å². The van der Waals surface area contributed by atoms with E-state index in [2.05, 4.69) is 482 Å². The summed E-state index contributed by atoms with van der Waals surface area (Å²) in [5.74, 6) is 0. The Morgan fingerprint density at radius 3 is 0.685 bits per heavy atom. The lowest BCUT2D eigenvalue weighted by Gasteiger charge is -2.14. The lowest BCUT2D eigenvalue weighted by atomic mass is 9.91. The van der Waals surface area contributed by atoms with Gasteiger partial charge in [-0.3, -0.25) is 0 Å². The van der Waals surface area contributed by atoms with Crippen molar-refractivity contribution in [3.05, 3.63) is 473 Å². The van der Waals surface area contributed by atoms with E-state index >= 15 is 0 Å². The molecule has 0 aliphatic heterocycles. The van der Waals surface area contributed by atoms with E-state index < -0.39 is 0 Å². The van der Waals surface area contributed by atoms with Crippen molar-refractivity contribution >= 4 is 107 Å². The molecule has 0 spiro atoms. The third kappa shape index (κ3) is 13.5. The summed E-state index contributed by atoms with van der Waals surface area (Å²) in [5.41, 5.74) is 36.3. The van der Waals surface area contributed by atoms with Gasteiger partial charge in [-0.05, 0) is 237 Å². The molecule has 4 heteroatoms. The van der Waals surface area contributed by atoms with Crippen LogP contribution in [-0.4, -0.2) is 9.13 Å². The molecule has 0 N–H and O–H groups in total. The topological polar surface area (TPSA) is 9.86 Å². The molecule has 0 unspecified atom stereocenters. The van der Waals surface area contributed by atoms with Gasteiger partial charge in [0.15, 0.2) is 0 Å². The second-order valence-electron chi connectivity index (χ2n) is 32.1. The first kappa shape index (κ1) is 73.6. The molecular formula is C120H78N2S2. The molecule has 0 saturated heterocycles. The van der Waals surface area contributed by atoms with E-state index in [1.54, 1.807) is 0 Å². The van der Waals surface area contributed by atoms with Crippen LogP contribution in [0.5, 0.6) is 0 Å². The second kappa shape index (κ2) is 31.5. The van der Waals surface area contributed by atoms with Crippen molar-refractivity contribution in [2.45, 2.75) is 0 Å². The summed E-state index contributed by atoms with van der Waals surface area (Å²) in [6.07, 6.45) is 0. The molecule has 124 heavy (non-hydrogen) atoms. The molecule has 0 amide bonds. The fraction of sp³-hybridized carbons (Fsp3) is 0. The average Bonchev–Trinajstić information content (AvgIpc) is 1.59. The van der Waals surface area contributed by atoms with Crippen LogP contribution in [0, 0.1) is 0 Å². The van der Waals surface area contributed by atoms with Crippen molar-refractivity contribution in [1.29, 1.82) is 0 Å². The average molecular weight is 1610 g/mol. The lowest BCUT2D eigenvalue weighted by Crippen LogP contribution is -1.93. The van der Waals surface area contributed by atoms with E-state index in [-0.39, 0.29) is 0 Å². The normalized spacial score (nSPS) is 11.5. The van der Waals surface area contributed by atoms with Crippen molar-refractivity contribution in [2.75, 3.05) is 0 Å². The molecule has 0 bridgehead atoms. The van der Waals surface area contributed by atoms with Crippen LogP contribution in [0.1, 0.15) is 0 Å². The number of hydrogen-bond acceptors (Lipinski definition) is 2. The van der Waals surface area contributed by atoms with Crippen molar-refractivity contribution in [2.24, 2.45) is 0 Å². The Hall–Kier alpha value is -15.6. The Labute approximate surface area is 728 Å². The summed E-state index contributed by atoms with van der Waals surface area (Å²) in [5, 5.41) is 10.2. The zero-order chi connectivity index (χ0) is 82.0. The second-order valence-corrected chi connectivity index (χ2v) is 34.2. The van der Waals surface area contributed by atoms with Crippen LogP contribution in [0.15, 0.2) is 473 Å². The van der Waals surface area contributed by atoms with Gasteiger partial charge in [0, 0.05) is 73.3 Å². The van der Waals surface area contributed by atoms with Crippen molar-refractivity contribution in [3.8, 4) is 145 Å². The monoisotopic (exact) mass is 1610 g/mol. The summed E-state index contributed by atoms with van der Waals surface area (Å²) in [6, 6.07) is 173. The van der Waals surface area contributed by atoms with E-state index in [4.69, 9.17) is 0 Å². The van der Waals surface area contributed by atoms with Gasteiger partial charge in [-0.1, -0.05) is 370 Å². The molecular weight excluding hydrogens is 1530 g/mol. The van der Waals surface area contributed by atoms with Crippen LogP contribution in [0.4, 0.5) is 0 Å². The molecule has 0 radical (unpaired) electrons. The zero-order valence-corrected chi connectivity index (χ0v) is 69.4. The number of thiophene rings is 2. The largest absolute Gasteiger partial charge is 0.309 e. The lowest BCUT2D eigenvalue weighted by molar-refractivity contribution is 1.18. The Bertz CT molecular complexity index is 8150. The van der Waals surface area contributed by atoms with Gasteiger partial charge in [-0.25, -0.2) is 0 Å². The molecule has 4 aromatic heterocycles. The van der Waals surface area contributed by atoms with E-state index in [1.807, 2.05) is 22.7 Å². The van der Waals surface area contributed by atoms with Crippen molar-refractivity contribution < 1.29 is 0 Å². The molecule has 20 aromatic carbocycles. The summed E-state index contributed by atoms with van der Waals surface area (Å²) in [7, 11) is 0. The predicted molar refractivity (Wildman–Crippen MR) is 533 cm³/mol. The highest BCUT2D eigenvalue weighted by Gasteiger charge is 2.22. The molecule has 0 aliphatic rings. The van der Waals surface area contributed by atoms with Crippen LogP contribution >= 0.6 is 22.7 Å². The zero-order valence-electron chi connectivity index (χ0n) is 67.7. The minimum absolute atomic E-state index is 1.15. The van der Waals surface area contributed by atoms with Gasteiger partial charge >= 0.3 is 0 Å². The van der Waals surface area contributed by atoms with Crippen molar-refractivity contribution in [1.82, 2.24) is 9.13 Å². The number of para-hydroxylation sites is 2. The summed E-state index contributed by atoms with van der Waals surface area (Å²) in [6.45, 7) is 0. The third-order valence-corrected chi connectivity index (χ3v) is 27.4. The molecule has 0 aliphatic carbocycles. The Kier molecular flexibility index (Phi) is 18.7. The van der Waals surface area contributed by atoms with E-state index in [9.17, 15) is 0 Å². The Balaban J connectivity index is 0.000000143. The van der Waals surface area contributed by atoms with E-state index in [0.29, 0.717) is 0 Å². The molecule has 4 heterocycles. The fourth-order valence-corrected chi connectivity index (χ4v) is 21.5. The maximum atomic E-state index is 2.41. The minimum atomic E-state index is 1.15. The number of nitrogens with zero attached hydrogens (tertiary/aromatic N) is 2. The van der Waals surface area contributed by atoms with Gasteiger partial charge in [0.1, 0.15) is 0 Å². The Morgan fingerprint density at radius 2 is 0.331 bits per heavy atom. The molecule has 0 atom stereocenters. The van der Waals surface area contributed by atoms with E-state index in [1.165, 1.54) is 217 Å². The van der Waals surface area contributed by atoms with E-state index in [0.717, 1.165) is 11.4 Å². The summed E-state index contributed by atoms with van der Waals surface area (Å²) >= 11 is 3.82. The highest BCUT2D eigenvalue weighted by molar-refractivity contribution is 7.27. The number of hydrogen-bond donors (Lipinski definition) is 0. The quantitative estimate of drug-likeness (QED) is 0.103. The van der Waals surface area contributed by atoms with Gasteiger partial charge in [0.05, 0.1) is 22.1 Å². The van der Waals surface area contributed by atoms with Crippen LogP contribution in [-0.2, 0) is 0 Å². The fourth-order valence-electron chi connectivity index (χ4n) is 18.7. The van der Waals surface area contributed by atoms with Gasteiger partial charge in [0.25, 0.3) is 0 Å². The number of fused-ring (bicyclic) bond motifs is 12. The van der Waals surface area contributed by atoms with Crippen LogP contribution in [0.25, 0.3) is 229 Å². The molecule has 0 fully saturated rings. The highest BCUT2D eigenvalue weighted by atomic mass is 32.1. The maximum absolute atomic E-state index is 2.41. The number of benzene rings is 20. The molecule has 24 aromatic rings. The first-order valence-corrected chi connectivity index (χ1v) is 44.1. The Morgan fingerprint density at radius 1 is 0.121 bits per heavy atom. The smallest absolute Gasteiger partial charge is 0.0541 e. The summed E-state index contributed by atoms with van der Waals surface area (Å²) in [4.78, 5) is 0. The van der Waals surface area contributed by atoms with Gasteiger partial charge in [-0.2, -0.15) is 0 Å². The first-order valence-electron chi connectivity index (χ1n) is 42.5. The minimum Gasteiger partial charge on any atom is -0.309 e. The molecule has 0 saturated carbocycles. The summed E-state index contributed by atoms with van der Waals surface area (Å²) < 4.78 is 10.1. The maximum Gasteiger partial charge on any atom is 0.0541 e. The SMILES string of the molecule is c1ccc(-c2ccc(-c3cc(-c4ccc5c(c4)c4ccccc4n5-c4ccc(-c5ccccc5)cc4)cc(-c4cccc5c4sc4c(-c6ccccc6)cccc45)c3)cc2)cc1.c1ccc(-c2ccc(-n3c4ccccc4c4cc(-c5cc(-c6cccc(-c7ccccc7)c6)cc(-c6cccc7c6sc6c(-c8ccccc8)cccc67)c5)ccc43)cc2)cc1. The van der Waals surface area contributed by atoms with Crippen molar-refractivity contribution in [3.63, 3.8) is 0 Å². The predicted octanol–water partition coefficient (Wildman–Crippen LogP) is 34.3. The molecule has 2 nitrogen and oxygen atoms in total. The number of rotatable bonds is 14. The standard InChI is InChI=1S/2C60H39NS/c1-4-15-40(16-5-1)42-29-32-50(33-30-42)61-57-28-11-10-23-53(57)56-39-46(31-34-58(56)61)48-36-47(45-22-12-21-44(35-45)41-17-6-2-7-18-41)37-49(38-48)52-25-14-27-55-54-26-13-24-51(59(54)62-60(52)55)43-19-8-3-9-20-43;1-4-14-40(15-5-1)42-26-28-44(29-27-42)47-36-48(38-49(37-47)52-22-13-24-55-54-23-12-21-51(59(54)62-60(52)55)45-18-8-3-9-19-45)46-32-35-58-56(39-46)53-20-10-11-25-57(53)61(58)50-33-30-43(31-34-50)41-16-6-2-7-17-41/h2*1-39H. The van der Waals surface area contributed by atoms with Gasteiger partial charge in [-0.15, -0.1) is 22.7 Å². The molecule has 580 valence electrons. The number of aromatic nitrogens is 2. The third-order valence-electron chi connectivity index (χ3n) is 24.8. The highest BCUT2D eigenvalue weighted by Crippen LogP contribution is 2.49. The van der Waals surface area contributed by atoms with Gasteiger partial charge in [0.2, 0.25) is 0 Å². The first-order chi connectivity index (χ1) is 61.5. The van der Waals surface area contributed by atoms with Crippen LogP contribution < -0.4 is 0 Å². The molecule has 24 rings (SSSR count).